The lowest BCUT2D eigenvalue weighted by Gasteiger charge is -2.35. The minimum absolute atomic E-state index is 0.0480. The van der Waals surface area contributed by atoms with Crippen molar-refractivity contribution in [1.82, 2.24) is 9.80 Å². The average molecular weight is 396 g/mol. The molecule has 1 aromatic rings. The van der Waals surface area contributed by atoms with Crippen molar-refractivity contribution in [2.45, 2.75) is 32.2 Å². The predicted octanol–water partition coefficient (Wildman–Crippen LogP) is 1.96. The van der Waals surface area contributed by atoms with Gasteiger partial charge in [-0.05, 0) is 37.4 Å². The molecule has 0 aliphatic carbocycles. The molecule has 0 saturated carbocycles. The van der Waals surface area contributed by atoms with Gasteiger partial charge in [0.1, 0.15) is 0 Å². The van der Waals surface area contributed by atoms with Gasteiger partial charge in [0.05, 0.1) is 18.6 Å². The second kappa shape index (κ2) is 9.33. The van der Waals surface area contributed by atoms with E-state index in [-0.39, 0.29) is 11.8 Å². The highest BCUT2D eigenvalue weighted by molar-refractivity contribution is 7.10. The van der Waals surface area contributed by atoms with Crippen molar-refractivity contribution in [3.63, 3.8) is 0 Å². The van der Waals surface area contributed by atoms with Crippen LogP contribution in [-0.2, 0) is 16.1 Å². The Bertz CT molecular complexity index is 621. The minimum Gasteiger partial charge on any atom is -0.475 e. The molecule has 1 aromatic heterocycles. The van der Waals surface area contributed by atoms with E-state index in [1.165, 1.54) is 10.4 Å². The highest BCUT2D eigenvalue weighted by Crippen LogP contribution is 2.21. The van der Waals surface area contributed by atoms with Crippen LogP contribution in [0.2, 0.25) is 0 Å². The van der Waals surface area contributed by atoms with Gasteiger partial charge in [0.15, 0.2) is 0 Å². The van der Waals surface area contributed by atoms with E-state index >= 15 is 0 Å². The van der Waals surface area contributed by atoms with E-state index in [1.54, 1.807) is 16.2 Å². The zero-order chi connectivity index (χ0) is 20.1. The molecule has 0 radical (unpaired) electrons. The van der Waals surface area contributed by atoms with E-state index in [9.17, 15) is 23.1 Å². The summed E-state index contributed by atoms with van der Waals surface area (Å²) in [6, 6.07) is 2.07. The highest BCUT2D eigenvalue weighted by atomic mass is 32.1. The number of aliphatic hydroxyl groups is 1. The summed E-state index contributed by atoms with van der Waals surface area (Å²) in [5.41, 5.74) is 1.23. The molecule has 2 N–H and O–H groups in total. The van der Waals surface area contributed by atoms with Gasteiger partial charge in [0, 0.05) is 25.0 Å². The van der Waals surface area contributed by atoms with Crippen LogP contribution in [0.1, 0.15) is 16.9 Å². The monoisotopic (exact) mass is 396 g/mol. The van der Waals surface area contributed by atoms with Gasteiger partial charge in [0.2, 0.25) is 5.91 Å². The number of hydrogen-bond donors (Lipinski definition) is 2. The number of likely N-dealkylation sites (tertiary alicyclic amines) is 1. The van der Waals surface area contributed by atoms with Gasteiger partial charge >= 0.3 is 12.1 Å². The molecule has 10 heteroatoms. The van der Waals surface area contributed by atoms with Crippen LogP contribution in [0.5, 0.6) is 0 Å². The number of carboxylic acid groups (broad SMARTS) is 1. The topological polar surface area (TPSA) is 81.1 Å². The van der Waals surface area contributed by atoms with Gasteiger partial charge in [-0.15, -0.1) is 11.3 Å². The number of alkyl halides is 3. The third-order valence-corrected chi connectivity index (χ3v) is 5.07. The SMILES string of the molecule is Cc1ccsc1CN(C)C(=O)[C@@H]1CN(C)CC[C@H]1O.O=C(O)C(F)(F)F. The van der Waals surface area contributed by atoms with Crippen LogP contribution in [-0.4, -0.2) is 71.4 Å². The summed E-state index contributed by atoms with van der Waals surface area (Å²) < 4.78 is 31.7. The first-order chi connectivity index (χ1) is 11.9. The molecule has 1 aliphatic rings. The van der Waals surface area contributed by atoms with Crippen molar-refractivity contribution < 1.29 is 33.0 Å². The van der Waals surface area contributed by atoms with Crippen molar-refractivity contribution in [3.05, 3.63) is 21.9 Å². The number of nitrogens with zero attached hydrogens (tertiary/aromatic N) is 2. The van der Waals surface area contributed by atoms with Gasteiger partial charge in [-0.1, -0.05) is 0 Å². The quantitative estimate of drug-likeness (QED) is 0.817. The van der Waals surface area contributed by atoms with Crippen LogP contribution in [0, 0.1) is 12.8 Å². The molecule has 0 aromatic carbocycles. The lowest BCUT2D eigenvalue weighted by Crippen LogP contribution is -2.48. The first-order valence-corrected chi connectivity index (χ1v) is 8.76. The van der Waals surface area contributed by atoms with Gasteiger partial charge in [-0.25, -0.2) is 4.79 Å². The van der Waals surface area contributed by atoms with Crippen LogP contribution < -0.4 is 0 Å². The summed E-state index contributed by atoms with van der Waals surface area (Å²) in [5, 5.41) is 19.2. The van der Waals surface area contributed by atoms with E-state index in [2.05, 4.69) is 17.9 Å². The third kappa shape index (κ3) is 6.58. The zero-order valence-corrected chi connectivity index (χ0v) is 15.6. The summed E-state index contributed by atoms with van der Waals surface area (Å²) in [6.07, 6.45) is -4.91. The summed E-state index contributed by atoms with van der Waals surface area (Å²) >= 11 is 1.68. The van der Waals surface area contributed by atoms with E-state index < -0.39 is 18.2 Å². The fourth-order valence-corrected chi connectivity index (χ4v) is 3.45. The number of rotatable bonds is 3. The second-order valence-electron chi connectivity index (χ2n) is 6.25. The number of aryl methyl sites for hydroxylation is 1. The number of carbonyl (C=O) groups is 2. The first kappa shape index (κ1) is 22.4. The number of carboxylic acids is 1. The van der Waals surface area contributed by atoms with Crippen LogP contribution in [0.4, 0.5) is 13.2 Å². The molecule has 1 fully saturated rings. The molecule has 148 valence electrons. The fraction of sp³-hybridized carbons (Fsp3) is 0.625. The van der Waals surface area contributed by atoms with Crippen molar-refractivity contribution in [1.29, 1.82) is 0 Å². The highest BCUT2D eigenvalue weighted by Gasteiger charge is 2.38. The molecule has 1 aliphatic heterocycles. The van der Waals surface area contributed by atoms with Gasteiger partial charge in [-0.3, -0.25) is 4.79 Å². The Balaban J connectivity index is 0.000000412. The maximum absolute atomic E-state index is 12.4. The normalized spacial score (nSPS) is 20.9. The van der Waals surface area contributed by atoms with E-state index in [1.807, 2.05) is 19.5 Å². The molecular weight excluding hydrogens is 373 g/mol. The number of carbonyl (C=O) groups excluding carboxylic acids is 1. The largest absolute Gasteiger partial charge is 0.490 e. The van der Waals surface area contributed by atoms with E-state index in [4.69, 9.17) is 9.90 Å². The molecule has 1 saturated heterocycles. The third-order valence-electron chi connectivity index (χ3n) is 4.06. The zero-order valence-electron chi connectivity index (χ0n) is 14.8. The maximum atomic E-state index is 12.4. The lowest BCUT2D eigenvalue weighted by molar-refractivity contribution is -0.192. The molecule has 0 unspecified atom stereocenters. The molecular formula is C16H23F3N2O4S. The fourth-order valence-electron chi connectivity index (χ4n) is 2.49. The standard InChI is InChI=1S/C14H22N2O2S.C2HF3O2/c1-10-5-7-19-13(10)9-16(3)14(18)11-8-15(2)6-4-12(11)17;3-2(4,5)1(6)7/h5,7,11-12,17H,4,6,8-9H2,1-3H3;(H,6,7)/t11-,12-;/m1./s1. The van der Waals surface area contributed by atoms with Crippen LogP contribution >= 0.6 is 11.3 Å². The molecule has 6 nitrogen and oxygen atoms in total. The summed E-state index contributed by atoms with van der Waals surface area (Å²) in [6.45, 7) is 4.20. The van der Waals surface area contributed by atoms with Crippen LogP contribution in [0.25, 0.3) is 0 Å². The number of aliphatic hydroxyl groups excluding tert-OH is 1. The Kier molecular flexibility index (Phi) is 8.04. The van der Waals surface area contributed by atoms with Gasteiger partial charge in [0.25, 0.3) is 0 Å². The average Bonchev–Trinajstić information content (AvgIpc) is 2.93. The number of halogens is 3. The summed E-state index contributed by atoms with van der Waals surface area (Å²) in [5.74, 6) is -3.00. The molecule has 2 heterocycles. The Hall–Kier alpha value is -1.65. The van der Waals surface area contributed by atoms with Crippen LogP contribution in [0.3, 0.4) is 0 Å². The number of amides is 1. The minimum atomic E-state index is -5.08. The molecule has 2 rings (SSSR count). The Morgan fingerprint density at radius 3 is 2.46 bits per heavy atom. The molecule has 0 spiro atoms. The number of hydrogen-bond acceptors (Lipinski definition) is 5. The van der Waals surface area contributed by atoms with Crippen molar-refractivity contribution in [3.8, 4) is 0 Å². The molecule has 0 bridgehead atoms. The molecule has 26 heavy (non-hydrogen) atoms. The van der Waals surface area contributed by atoms with Crippen molar-refractivity contribution >= 4 is 23.2 Å². The Labute approximate surface area is 153 Å². The predicted molar refractivity (Wildman–Crippen MR) is 90.8 cm³/mol. The number of piperidine rings is 1. The van der Waals surface area contributed by atoms with Gasteiger partial charge in [-0.2, -0.15) is 13.2 Å². The van der Waals surface area contributed by atoms with Gasteiger partial charge < -0.3 is 20.0 Å². The van der Waals surface area contributed by atoms with E-state index in [0.29, 0.717) is 19.5 Å². The molecule has 1 amide bonds. The smallest absolute Gasteiger partial charge is 0.475 e. The molecule has 2 atom stereocenters. The summed E-state index contributed by atoms with van der Waals surface area (Å²) in [4.78, 5) is 26.4. The Morgan fingerprint density at radius 2 is 2.00 bits per heavy atom. The van der Waals surface area contributed by atoms with Crippen molar-refractivity contribution in [2.75, 3.05) is 27.2 Å². The van der Waals surface area contributed by atoms with Crippen molar-refractivity contribution in [2.24, 2.45) is 5.92 Å². The summed E-state index contributed by atoms with van der Waals surface area (Å²) in [7, 11) is 3.82. The number of aliphatic carboxylic acids is 1. The second-order valence-corrected chi connectivity index (χ2v) is 7.25. The number of thiophene rings is 1. The van der Waals surface area contributed by atoms with E-state index in [0.717, 1.165) is 6.54 Å². The lowest BCUT2D eigenvalue weighted by atomic mass is 9.93. The maximum Gasteiger partial charge on any atom is 0.490 e. The Morgan fingerprint density at radius 1 is 1.42 bits per heavy atom. The van der Waals surface area contributed by atoms with Crippen LogP contribution in [0.15, 0.2) is 11.4 Å². The first-order valence-electron chi connectivity index (χ1n) is 7.88.